The molecule has 1 amide bonds. The summed E-state index contributed by atoms with van der Waals surface area (Å²) in [5.41, 5.74) is 3.68. The lowest BCUT2D eigenvalue weighted by molar-refractivity contribution is -0.128. The van der Waals surface area contributed by atoms with Gasteiger partial charge in [-0.3, -0.25) is 9.78 Å². The largest absolute Gasteiger partial charge is 0.493 e. The van der Waals surface area contributed by atoms with Crippen molar-refractivity contribution in [2.24, 2.45) is 0 Å². The number of fused-ring (bicyclic) bond motifs is 1. The summed E-state index contributed by atoms with van der Waals surface area (Å²) in [6.45, 7) is 1.51. The summed E-state index contributed by atoms with van der Waals surface area (Å²) in [4.78, 5) is 18.3. The average molecular weight is 326 g/mol. The maximum absolute atomic E-state index is 12.3. The van der Waals surface area contributed by atoms with Crippen LogP contribution >= 0.6 is 11.8 Å². The molecule has 5 heteroatoms. The highest BCUT2D eigenvalue weighted by Crippen LogP contribution is 2.40. The molecule has 2 aliphatic heterocycles. The molecule has 0 N–H and O–H groups in total. The summed E-state index contributed by atoms with van der Waals surface area (Å²) in [5, 5.41) is 0.121. The van der Waals surface area contributed by atoms with Gasteiger partial charge in [-0.25, -0.2) is 0 Å². The molecule has 0 aliphatic carbocycles. The standard InChI is InChI=1S/C18H18N2O2S/c21-17-12-23-18(15-1-2-16-14(11-15)6-10-22-16)20(17)9-5-13-3-7-19-8-4-13/h1-4,7-8,11,18H,5-6,9-10,12H2. The number of carbonyl (C=O) groups is 1. The topological polar surface area (TPSA) is 42.4 Å². The molecule has 1 saturated heterocycles. The minimum Gasteiger partial charge on any atom is -0.493 e. The number of aromatic nitrogens is 1. The Balaban J connectivity index is 1.52. The van der Waals surface area contributed by atoms with Crippen LogP contribution in [0.4, 0.5) is 0 Å². The molecule has 1 atom stereocenters. The predicted molar refractivity (Wildman–Crippen MR) is 90.5 cm³/mol. The second-order valence-corrected chi connectivity index (χ2v) is 6.89. The van der Waals surface area contributed by atoms with Crippen molar-refractivity contribution in [2.75, 3.05) is 18.9 Å². The van der Waals surface area contributed by atoms with Gasteiger partial charge in [0.05, 0.1) is 12.4 Å². The molecule has 118 valence electrons. The Hall–Kier alpha value is -2.01. The van der Waals surface area contributed by atoms with Crippen LogP contribution in [0.3, 0.4) is 0 Å². The second kappa shape index (κ2) is 6.24. The lowest BCUT2D eigenvalue weighted by Gasteiger charge is -2.24. The molecule has 3 heterocycles. The molecular weight excluding hydrogens is 308 g/mol. The summed E-state index contributed by atoms with van der Waals surface area (Å²) in [6, 6.07) is 10.4. The van der Waals surface area contributed by atoms with Crippen LogP contribution in [-0.2, 0) is 17.6 Å². The molecular formula is C18H18N2O2S. The summed E-state index contributed by atoms with van der Waals surface area (Å²) in [7, 11) is 0. The van der Waals surface area contributed by atoms with Crippen molar-refractivity contribution >= 4 is 17.7 Å². The number of pyridine rings is 1. The fourth-order valence-electron chi connectivity index (χ4n) is 3.13. The van der Waals surface area contributed by atoms with Crippen molar-refractivity contribution in [1.82, 2.24) is 9.88 Å². The van der Waals surface area contributed by atoms with E-state index in [0.717, 1.165) is 31.7 Å². The van der Waals surface area contributed by atoms with E-state index >= 15 is 0 Å². The monoisotopic (exact) mass is 326 g/mol. The van der Waals surface area contributed by atoms with Crippen molar-refractivity contribution in [3.63, 3.8) is 0 Å². The Morgan fingerprint density at radius 2 is 2.13 bits per heavy atom. The third-order valence-electron chi connectivity index (χ3n) is 4.36. The van der Waals surface area contributed by atoms with E-state index in [1.807, 2.05) is 23.1 Å². The van der Waals surface area contributed by atoms with Gasteiger partial charge in [0.25, 0.3) is 0 Å². The molecule has 23 heavy (non-hydrogen) atoms. The number of benzene rings is 1. The van der Waals surface area contributed by atoms with E-state index in [4.69, 9.17) is 4.74 Å². The van der Waals surface area contributed by atoms with Gasteiger partial charge in [0.1, 0.15) is 11.1 Å². The van der Waals surface area contributed by atoms with Gasteiger partial charge >= 0.3 is 0 Å². The van der Waals surface area contributed by atoms with Crippen LogP contribution in [0.25, 0.3) is 0 Å². The highest BCUT2D eigenvalue weighted by molar-refractivity contribution is 8.00. The molecule has 4 nitrogen and oxygen atoms in total. The van der Waals surface area contributed by atoms with Gasteiger partial charge in [-0.2, -0.15) is 0 Å². The molecule has 1 unspecified atom stereocenters. The van der Waals surface area contributed by atoms with E-state index < -0.39 is 0 Å². The molecule has 1 fully saturated rings. The summed E-state index contributed by atoms with van der Waals surface area (Å²) in [6.07, 6.45) is 5.42. The van der Waals surface area contributed by atoms with Gasteiger partial charge in [-0.15, -0.1) is 11.8 Å². The molecule has 0 bridgehead atoms. The quantitative estimate of drug-likeness (QED) is 0.866. The summed E-state index contributed by atoms with van der Waals surface area (Å²) >= 11 is 1.72. The third kappa shape index (κ3) is 2.93. The Labute approximate surface area is 139 Å². The van der Waals surface area contributed by atoms with Crippen LogP contribution in [-0.4, -0.2) is 34.7 Å². The highest BCUT2D eigenvalue weighted by Gasteiger charge is 2.33. The molecule has 1 aromatic heterocycles. The van der Waals surface area contributed by atoms with E-state index in [-0.39, 0.29) is 11.3 Å². The van der Waals surface area contributed by atoms with Gasteiger partial charge in [0.2, 0.25) is 5.91 Å². The maximum atomic E-state index is 12.3. The molecule has 0 saturated carbocycles. The zero-order chi connectivity index (χ0) is 15.6. The summed E-state index contributed by atoms with van der Waals surface area (Å²) < 4.78 is 5.58. The van der Waals surface area contributed by atoms with Gasteiger partial charge in [-0.1, -0.05) is 6.07 Å². The fraction of sp³-hybridized carbons (Fsp3) is 0.333. The molecule has 0 spiro atoms. The fourth-order valence-corrected chi connectivity index (χ4v) is 4.34. The van der Waals surface area contributed by atoms with E-state index in [1.54, 1.807) is 24.2 Å². The number of nitrogens with zero attached hydrogens (tertiary/aromatic N) is 2. The Morgan fingerprint density at radius 3 is 3.00 bits per heavy atom. The van der Waals surface area contributed by atoms with Crippen molar-refractivity contribution in [3.05, 3.63) is 59.4 Å². The first kappa shape index (κ1) is 14.6. The third-order valence-corrected chi connectivity index (χ3v) is 5.61. The Morgan fingerprint density at radius 1 is 1.26 bits per heavy atom. The smallest absolute Gasteiger partial charge is 0.233 e. The maximum Gasteiger partial charge on any atom is 0.233 e. The SMILES string of the molecule is O=C1CSC(c2ccc3c(c2)CCO3)N1CCc1ccncc1. The lowest BCUT2D eigenvalue weighted by Crippen LogP contribution is -2.30. The number of hydrogen-bond acceptors (Lipinski definition) is 4. The Bertz CT molecular complexity index is 720. The van der Waals surface area contributed by atoms with Crippen molar-refractivity contribution in [3.8, 4) is 5.75 Å². The number of rotatable bonds is 4. The minimum atomic E-state index is 0.121. The first-order chi connectivity index (χ1) is 11.3. The first-order valence-electron chi connectivity index (χ1n) is 7.87. The molecule has 0 radical (unpaired) electrons. The van der Waals surface area contributed by atoms with Crippen molar-refractivity contribution < 1.29 is 9.53 Å². The van der Waals surface area contributed by atoms with Gasteiger partial charge in [-0.05, 0) is 47.4 Å². The van der Waals surface area contributed by atoms with Crippen LogP contribution in [0, 0.1) is 0 Å². The van der Waals surface area contributed by atoms with Crippen molar-refractivity contribution in [2.45, 2.75) is 18.2 Å². The average Bonchev–Trinajstić information content (AvgIpc) is 3.19. The normalized spacial score (nSPS) is 19.7. The number of hydrogen-bond donors (Lipinski definition) is 0. The number of ether oxygens (including phenoxy) is 1. The van der Waals surface area contributed by atoms with Crippen molar-refractivity contribution in [1.29, 1.82) is 0 Å². The second-order valence-electron chi connectivity index (χ2n) is 5.82. The van der Waals surface area contributed by atoms with E-state index in [2.05, 4.69) is 17.1 Å². The molecule has 2 aliphatic rings. The van der Waals surface area contributed by atoms with E-state index in [9.17, 15) is 4.79 Å². The number of carbonyl (C=O) groups excluding carboxylic acids is 1. The Kier molecular flexibility index (Phi) is 3.95. The van der Waals surface area contributed by atoms with Crippen LogP contribution in [0.2, 0.25) is 0 Å². The van der Waals surface area contributed by atoms with Crippen LogP contribution in [0.1, 0.15) is 22.1 Å². The van der Waals surface area contributed by atoms with Gasteiger partial charge in [0.15, 0.2) is 0 Å². The van der Waals surface area contributed by atoms with Crippen LogP contribution in [0.15, 0.2) is 42.7 Å². The highest BCUT2D eigenvalue weighted by atomic mass is 32.2. The zero-order valence-electron chi connectivity index (χ0n) is 12.8. The lowest BCUT2D eigenvalue weighted by atomic mass is 10.1. The van der Waals surface area contributed by atoms with Crippen LogP contribution in [0.5, 0.6) is 5.75 Å². The van der Waals surface area contributed by atoms with E-state index in [1.165, 1.54) is 16.7 Å². The van der Waals surface area contributed by atoms with Crippen LogP contribution < -0.4 is 4.74 Å². The predicted octanol–water partition coefficient (Wildman–Crippen LogP) is 2.83. The number of amides is 1. The number of thioether (sulfide) groups is 1. The minimum absolute atomic E-state index is 0.121. The van der Waals surface area contributed by atoms with Gasteiger partial charge < -0.3 is 9.64 Å². The van der Waals surface area contributed by atoms with Gasteiger partial charge in [0, 0.05) is 25.4 Å². The zero-order valence-corrected chi connectivity index (χ0v) is 13.6. The molecule has 1 aromatic carbocycles. The molecule has 2 aromatic rings. The summed E-state index contributed by atoms with van der Waals surface area (Å²) in [5.74, 6) is 1.78. The molecule has 4 rings (SSSR count). The van der Waals surface area contributed by atoms with E-state index in [0.29, 0.717) is 5.75 Å². The first-order valence-corrected chi connectivity index (χ1v) is 8.92.